The molecule has 1 fully saturated rings. The number of nitrogens with zero attached hydrogens (tertiary/aromatic N) is 3. The average Bonchev–Trinajstić information content (AvgIpc) is 3.35. The number of nitrogens with one attached hydrogen (secondary N) is 1. The third-order valence-corrected chi connectivity index (χ3v) is 3.92. The molecule has 1 N–H and O–H groups in total. The van der Waals surface area contributed by atoms with Crippen LogP contribution in [-0.4, -0.2) is 31.0 Å². The minimum absolute atomic E-state index is 0.208. The lowest BCUT2D eigenvalue weighted by molar-refractivity contribution is 0.0943. The zero-order valence-electron chi connectivity index (χ0n) is 12.7. The minimum Gasteiger partial charge on any atom is -0.363 e. The summed E-state index contributed by atoms with van der Waals surface area (Å²) in [5.41, 5.74) is 1.34. The van der Waals surface area contributed by atoms with Gasteiger partial charge in [0.15, 0.2) is 0 Å². The highest BCUT2D eigenvalue weighted by atomic mass is 16.1. The molecule has 5 heteroatoms. The van der Waals surface area contributed by atoms with Crippen molar-refractivity contribution >= 4 is 22.6 Å². The fourth-order valence-electron chi connectivity index (χ4n) is 2.48. The quantitative estimate of drug-likeness (QED) is 0.939. The molecule has 0 bridgehead atoms. The fraction of sp³-hybridized carbons (Fsp3) is 0.353. The second-order valence-electron chi connectivity index (χ2n) is 5.86. The van der Waals surface area contributed by atoms with E-state index in [1.54, 1.807) is 6.07 Å². The summed E-state index contributed by atoms with van der Waals surface area (Å²) in [5, 5.41) is 12.9. The van der Waals surface area contributed by atoms with Crippen molar-refractivity contribution in [3.63, 3.8) is 0 Å². The molecule has 22 heavy (non-hydrogen) atoms. The van der Waals surface area contributed by atoms with Gasteiger partial charge in [0.05, 0.1) is 17.1 Å². The van der Waals surface area contributed by atoms with Gasteiger partial charge in [-0.3, -0.25) is 4.79 Å². The van der Waals surface area contributed by atoms with Gasteiger partial charge in [0, 0.05) is 19.5 Å². The lowest BCUT2D eigenvalue weighted by atomic mass is 10.1. The fourth-order valence-corrected chi connectivity index (χ4v) is 2.48. The van der Waals surface area contributed by atoms with E-state index in [4.69, 9.17) is 0 Å². The monoisotopic (exact) mass is 294 g/mol. The first-order valence-corrected chi connectivity index (χ1v) is 7.37. The van der Waals surface area contributed by atoms with E-state index in [2.05, 4.69) is 16.4 Å². The number of pyridine rings is 1. The Morgan fingerprint density at radius 2 is 2.14 bits per heavy atom. The summed E-state index contributed by atoms with van der Waals surface area (Å²) in [5.74, 6) is 0.819. The van der Waals surface area contributed by atoms with Crippen LogP contribution in [0.1, 0.15) is 23.2 Å². The summed E-state index contributed by atoms with van der Waals surface area (Å²) in [6.07, 6.45) is 2.02. The van der Waals surface area contributed by atoms with Crippen LogP contribution in [0.5, 0.6) is 0 Å². The van der Waals surface area contributed by atoms with Crippen molar-refractivity contribution in [2.45, 2.75) is 18.9 Å². The number of carbonyl (C=O) groups excluding carboxylic acids is 1. The Morgan fingerprint density at radius 3 is 2.77 bits per heavy atom. The smallest absolute Gasteiger partial charge is 0.253 e. The normalized spacial score (nSPS) is 15.1. The van der Waals surface area contributed by atoms with Gasteiger partial charge >= 0.3 is 0 Å². The van der Waals surface area contributed by atoms with E-state index in [0.717, 1.165) is 29.6 Å². The van der Waals surface area contributed by atoms with Crippen LogP contribution in [0, 0.1) is 17.2 Å². The topological polar surface area (TPSA) is 69.0 Å². The molecule has 1 aliphatic rings. The largest absolute Gasteiger partial charge is 0.363 e. The van der Waals surface area contributed by atoms with Crippen LogP contribution in [-0.2, 0) is 0 Å². The maximum Gasteiger partial charge on any atom is 0.253 e. The molecule has 1 atom stereocenters. The van der Waals surface area contributed by atoms with Crippen LogP contribution in [0.4, 0.5) is 5.82 Å². The number of para-hydroxylation sites is 1. The zero-order valence-corrected chi connectivity index (χ0v) is 12.7. The molecule has 0 aliphatic heterocycles. The number of aromatic nitrogens is 1. The van der Waals surface area contributed by atoms with Crippen molar-refractivity contribution in [3.05, 3.63) is 35.9 Å². The summed E-state index contributed by atoms with van der Waals surface area (Å²) in [6, 6.07) is 11.1. The van der Waals surface area contributed by atoms with Gasteiger partial charge in [-0.05, 0) is 30.9 Å². The average molecular weight is 294 g/mol. The van der Waals surface area contributed by atoms with E-state index >= 15 is 0 Å². The summed E-state index contributed by atoms with van der Waals surface area (Å²) < 4.78 is 0. The second kappa shape index (κ2) is 5.64. The summed E-state index contributed by atoms with van der Waals surface area (Å²) in [6.45, 7) is 0. The van der Waals surface area contributed by atoms with Crippen LogP contribution in [0.3, 0.4) is 0 Å². The molecular formula is C17H18N4O. The number of amides is 1. The van der Waals surface area contributed by atoms with Crippen molar-refractivity contribution in [1.29, 1.82) is 5.26 Å². The standard InChI is InChI=1S/C17H18N4O/c1-21(2)16-9-13(12-5-3-4-6-14(12)19-16)17(22)20-15(10-18)11-7-8-11/h3-6,9,11,15H,7-8H2,1-2H3,(H,20,22). The summed E-state index contributed by atoms with van der Waals surface area (Å²) >= 11 is 0. The Kier molecular flexibility index (Phi) is 3.68. The minimum atomic E-state index is -0.401. The molecule has 1 heterocycles. The molecule has 5 nitrogen and oxygen atoms in total. The molecule has 1 unspecified atom stereocenters. The number of nitriles is 1. The Morgan fingerprint density at radius 1 is 1.41 bits per heavy atom. The molecule has 1 amide bonds. The van der Waals surface area contributed by atoms with E-state index in [1.807, 2.05) is 43.3 Å². The maximum absolute atomic E-state index is 12.6. The number of rotatable bonds is 4. The lowest BCUT2D eigenvalue weighted by Gasteiger charge is -2.16. The molecule has 0 saturated heterocycles. The van der Waals surface area contributed by atoms with Crippen molar-refractivity contribution in [3.8, 4) is 6.07 Å². The lowest BCUT2D eigenvalue weighted by Crippen LogP contribution is -2.35. The van der Waals surface area contributed by atoms with Crippen molar-refractivity contribution in [2.75, 3.05) is 19.0 Å². The van der Waals surface area contributed by atoms with Gasteiger partial charge in [-0.1, -0.05) is 18.2 Å². The Bertz CT molecular complexity index is 759. The highest BCUT2D eigenvalue weighted by molar-refractivity contribution is 6.07. The number of hydrogen-bond donors (Lipinski definition) is 1. The van der Waals surface area contributed by atoms with Gasteiger partial charge in [-0.15, -0.1) is 0 Å². The number of anilines is 1. The predicted molar refractivity (Wildman–Crippen MR) is 85.7 cm³/mol. The van der Waals surface area contributed by atoms with E-state index in [1.165, 1.54) is 0 Å². The SMILES string of the molecule is CN(C)c1cc(C(=O)NC(C#N)C2CC2)c2ccccc2n1. The third-order valence-electron chi connectivity index (χ3n) is 3.92. The molecule has 2 aromatic rings. The second-order valence-corrected chi connectivity index (χ2v) is 5.86. The van der Waals surface area contributed by atoms with Crippen molar-refractivity contribution in [1.82, 2.24) is 10.3 Å². The molecule has 1 saturated carbocycles. The highest BCUT2D eigenvalue weighted by Crippen LogP contribution is 2.32. The first-order valence-electron chi connectivity index (χ1n) is 7.37. The van der Waals surface area contributed by atoms with Gasteiger partial charge < -0.3 is 10.2 Å². The van der Waals surface area contributed by atoms with Crippen LogP contribution >= 0.6 is 0 Å². The van der Waals surface area contributed by atoms with Crippen molar-refractivity contribution < 1.29 is 4.79 Å². The number of carbonyl (C=O) groups is 1. The van der Waals surface area contributed by atoms with E-state index in [-0.39, 0.29) is 5.91 Å². The van der Waals surface area contributed by atoms with Crippen LogP contribution < -0.4 is 10.2 Å². The van der Waals surface area contributed by atoms with Gasteiger partial charge in [-0.2, -0.15) is 5.26 Å². The first kappa shape index (κ1) is 14.3. The van der Waals surface area contributed by atoms with Crippen LogP contribution in [0.15, 0.2) is 30.3 Å². The predicted octanol–water partition coefficient (Wildman–Crippen LogP) is 2.33. The molecule has 1 aromatic carbocycles. The highest BCUT2D eigenvalue weighted by Gasteiger charge is 2.32. The van der Waals surface area contributed by atoms with Gasteiger partial charge in [0.1, 0.15) is 11.9 Å². The van der Waals surface area contributed by atoms with Gasteiger partial charge in [-0.25, -0.2) is 4.98 Å². The Balaban J connectivity index is 2.00. The number of benzene rings is 1. The molecule has 0 spiro atoms. The molecule has 112 valence electrons. The van der Waals surface area contributed by atoms with E-state index < -0.39 is 6.04 Å². The molecule has 1 aromatic heterocycles. The number of fused-ring (bicyclic) bond motifs is 1. The molecule has 0 radical (unpaired) electrons. The summed E-state index contributed by atoms with van der Waals surface area (Å²) in [4.78, 5) is 19.0. The van der Waals surface area contributed by atoms with Crippen LogP contribution in [0.25, 0.3) is 10.9 Å². The third kappa shape index (κ3) is 2.73. The van der Waals surface area contributed by atoms with E-state index in [9.17, 15) is 10.1 Å². The Hall–Kier alpha value is -2.61. The van der Waals surface area contributed by atoms with Crippen LogP contribution in [0.2, 0.25) is 0 Å². The molecular weight excluding hydrogens is 276 g/mol. The maximum atomic E-state index is 12.6. The molecule has 1 aliphatic carbocycles. The summed E-state index contributed by atoms with van der Waals surface area (Å²) in [7, 11) is 3.78. The molecule has 3 rings (SSSR count). The van der Waals surface area contributed by atoms with E-state index in [0.29, 0.717) is 11.5 Å². The zero-order chi connectivity index (χ0) is 15.7. The first-order chi connectivity index (χ1) is 10.6. The number of hydrogen-bond acceptors (Lipinski definition) is 4. The Labute approximate surface area is 129 Å². The van der Waals surface area contributed by atoms with Gasteiger partial charge in [0.25, 0.3) is 5.91 Å². The van der Waals surface area contributed by atoms with Gasteiger partial charge in [0.2, 0.25) is 0 Å². The van der Waals surface area contributed by atoms with Crippen molar-refractivity contribution in [2.24, 2.45) is 5.92 Å².